The normalized spacial score (nSPS) is 26.1. The van der Waals surface area contributed by atoms with Crippen molar-refractivity contribution < 1.29 is 19.4 Å². The van der Waals surface area contributed by atoms with E-state index < -0.39 is 11.4 Å². The number of hydrogen-bond donors (Lipinski definition) is 2. The number of carboxylic acids is 1. The molecular formula is C9H15NO4. The Morgan fingerprint density at radius 3 is 2.71 bits per heavy atom. The van der Waals surface area contributed by atoms with Gasteiger partial charge in [0.05, 0.1) is 13.0 Å². The fourth-order valence-corrected chi connectivity index (χ4v) is 1.62. The van der Waals surface area contributed by atoms with Crippen LogP contribution in [0.5, 0.6) is 0 Å². The highest BCUT2D eigenvalue weighted by Gasteiger charge is 2.37. The number of carboxylic acid groups (broad SMARTS) is 1. The molecule has 80 valence electrons. The van der Waals surface area contributed by atoms with E-state index in [4.69, 9.17) is 9.84 Å². The summed E-state index contributed by atoms with van der Waals surface area (Å²) in [6, 6.07) is 0. The number of ether oxygens (including phenoxy) is 1. The van der Waals surface area contributed by atoms with Gasteiger partial charge in [-0.2, -0.15) is 0 Å². The van der Waals surface area contributed by atoms with Gasteiger partial charge in [-0.25, -0.2) is 0 Å². The predicted molar refractivity (Wildman–Crippen MR) is 48.8 cm³/mol. The summed E-state index contributed by atoms with van der Waals surface area (Å²) in [6.45, 7) is 2.80. The molecule has 1 amide bonds. The summed E-state index contributed by atoms with van der Waals surface area (Å²) in [6.07, 6.45) is 0.743. The van der Waals surface area contributed by atoms with E-state index in [1.54, 1.807) is 0 Å². The fraction of sp³-hybridized carbons (Fsp3) is 0.778. The molecule has 0 spiro atoms. The molecule has 0 aromatic heterocycles. The molecule has 0 saturated carbocycles. The van der Waals surface area contributed by atoms with E-state index >= 15 is 0 Å². The Hall–Kier alpha value is -1.10. The van der Waals surface area contributed by atoms with Crippen molar-refractivity contribution in [2.75, 3.05) is 19.8 Å². The topological polar surface area (TPSA) is 75.6 Å². The Kier molecular flexibility index (Phi) is 3.46. The number of carbonyl (C=O) groups excluding carboxylic acids is 1. The van der Waals surface area contributed by atoms with Gasteiger partial charge in [-0.05, 0) is 6.42 Å². The van der Waals surface area contributed by atoms with E-state index in [0.29, 0.717) is 26.2 Å². The van der Waals surface area contributed by atoms with E-state index in [2.05, 4.69) is 5.32 Å². The number of aliphatic carboxylic acids is 1. The zero-order valence-corrected chi connectivity index (χ0v) is 8.21. The van der Waals surface area contributed by atoms with Gasteiger partial charge in [0.15, 0.2) is 0 Å². The molecule has 0 aliphatic carbocycles. The van der Waals surface area contributed by atoms with Gasteiger partial charge >= 0.3 is 5.97 Å². The first kappa shape index (κ1) is 11.0. The maximum Gasteiger partial charge on any atom is 0.304 e. The lowest BCUT2D eigenvalue weighted by Crippen LogP contribution is -2.38. The summed E-state index contributed by atoms with van der Waals surface area (Å²) in [5.74, 6) is -0.984. The average Bonchev–Trinajstić information content (AvgIpc) is 2.49. The van der Waals surface area contributed by atoms with Crippen LogP contribution in [0.15, 0.2) is 0 Å². The minimum Gasteiger partial charge on any atom is -0.481 e. The van der Waals surface area contributed by atoms with Crippen molar-refractivity contribution in [1.82, 2.24) is 5.32 Å². The van der Waals surface area contributed by atoms with Crippen LogP contribution in [0.1, 0.15) is 19.8 Å². The summed E-state index contributed by atoms with van der Waals surface area (Å²) in [4.78, 5) is 21.4. The minimum absolute atomic E-state index is 0.0489. The van der Waals surface area contributed by atoms with Gasteiger partial charge in [-0.15, -0.1) is 0 Å². The van der Waals surface area contributed by atoms with Gasteiger partial charge in [0.25, 0.3) is 0 Å². The number of hydrogen-bond acceptors (Lipinski definition) is 3. The lowest BCUT2D eigenvalue weighted by molar-refractivity contribution is -0.140. The molecule has 14 heavy (non-hydrogen) atoms. The Balaban J connectivity index is 2.52. The van der Waals surface area contributed by atoms with Crippen LogP contribution in [-0.4, -0.2) is 36.7 Å². The Morgan fingerprint density at radius 1 is 1.57 bits per heavy atom. The number of carbonyl (C=O) groups is 2. The number of rotatable bonds is 4. The van der Waals surface area contributed by atoms with E-state index in [1.165, 1.54) is 6.92 Å². The van der Waals surface area contributed by atoms with Gasteiger partial charge < -0.3 is 15.2 Å². The molecule has 1 heterocycles. The molecular weight excluding hydrogens is 186 g/mol. The van der Waals surface area contributed by atoms with Crippen LogP contribution in [0.2, 0.25) is 0 Å². The summed E-state index contributed by atoms with van der Waals surface area (Å²) in [7, 11) is 0. The largest absolute Gasteiger partial charge is 0.481 e. The highest BCUT2D eigenvalue weighted by atomic mass is 16.5. The maximum absolute atomic E-state index is 10.7. The molecule has 0 aromatic rings. The molecule has 1 aliphatic heterocycles. The standard InChI is InChI=1S/C9H15NO4/c1-7(11)10-5-9(4-8(12)13)2-3-14-6-9/h2-6H2,1H3,(H,10,11)(H,12,13). The smallest absolute Gasteiger partial charge is 0.304 e. The van der Waals surface area contributed by atoms with Crippen molar-refractivity contribution in [1.29, 1.82) is 0 Å². The molecule has 5 nitrogen and oxygen atoms in total. The first-order chi connectivity index (χ1) is 6.54. The molecule has 0 bridgehead atoms. The fourth-order valence-electron chi connectivity index (χ4n) is 1.62. The van der Waals surface area contributed by atoms with Crippen LogP contribution in [0.3, 0.4) is 0 Å². The Bertz CT molecular complexity index is 233. The Morgan fingerprint density at radius 2 is 2.29 bits per heavy atom. The highest BCUT2D eigenvalue weighted by molar-refractivity contribution is 5.73. The predicted octanol–water partition coefficient (Wildman–Crippen LogP) is 0.00390. The second-order valence-electron chi connectivity index (χ2n) is 3.78. The second kappa shape index (κ2) is 4.41. The second-order valence-corrected chi connectivity index (χ2v) is 3.78. The van der Waals surface area contributed by atoms with Crippen molar-refractivity contribution in [2.24, 2.45) is 5.41 Å². The molecule has 1 fully saturated rings. The summed E-state index contributed by atoms with van der Waals surface area (Å²) in [5, 5.41) is 11.4. The number of nitrogens with one attached hydrogen (secondary N) is 1. The first-order valence-corrected chi connectivity index (χ1v) is 4.58. The van der Waals surface area contributed by atoms with E-state index in [9.17, 15) is 9.59 Å². The third-order valence-corrected chi connectivity index (χ3v) is 2.42. The monoisotopic (exact) mass is 201 g/mol. The van der Waals surface area contributed by atoms with Crippen molar-refractivity contribution in [2.45, 2.75) is 19.8 Å². The molecule has 5 heteroatoms. The summed E-state index contributed by atoms with van der Waals surface area (Å²) >= 11 is 0. The quantitative estimate of drug-likeness (QED) is 0.671. The molecule has 1 rings (SSSR count). The van der Waals surface area contributed by atoms with Gasteiger partial charge in [-0.3, -0.25) is 9.59 Å². The van der Waals surface area contributed by atoms with Crippen LogP contribution >= 0.6 is 0 Å². The zero-order chi connectivity index (χ0) is 10.6. The van der Waals surface area contributed by atoms with Gasteiger partial charge in [0.2, 0.25) is 5.91 Å². The van der Waals surface area contributed by atoms with Crippen molar-refractivity contribution in [3.63, 3.8) is 0 Å². The number of amides is 1. The average molecular weight is 201 g/mol. The molecule has 1 saturated heterocycles. The summed E-state index contributed by atoms with van der Waals surface area (Å²) in [5.41, 5.74) is -0.405. The van der Waals surface area contributed by atoms with Crippen molar-refractivity contribution in [3.8, 4) is 0 Å². The lowest BCUT2D eigenvalue weighted by atomic mass is 9.83. The van der Waals surface area contributed by atoms with Crippen molar-refractivity contribution >= 4 is 11.9 Å². The third kappa shape index (κ3) is 2.99. The first-order valence-electron chi connectivity index (χ1n) is 4.58. The van der Waals surface area contributed by atoms with Crippen LogP contribution in [-0.2, 0) is 14.3 Å². The summed E-state index contributed by atoms with van der Waals surface area (Å²) < 4.78 is 5.18. The highest BCUT2D eigenvalue weighted by Crippen LogP contribution is 2.31. The van der Waals surface area contributed by atoms with Gasteiger partial charge in [0, 0.05) is 25.5 Å². The van der Waals surface area contributed by atoms with E-state index in [1.807, 2.05) is 0 Å². The molecule has 0 radical (unpaired) electrons. The van der Waals surface area contributed by atoms with E-state index in [0.717, 1.165) is 0 Å². The van der Waals surface area contributed by atoms with E-state index in [-0.39, 0.29) is 12.3 Å². The van der Waals surface area contributed by atoms with Crippen LogP contribution in [0.25, 0.3) is 0 Å². The van der Waals surface area contributed by atoms with Crippen molar-refractivity contribution in [3.05, 3.63) is 0 Å². The van der Waals surface area contributed by atoms with Crippen LogP contribution in [0, 0.1) is 5.41 Å². The molecule has 2 N–H and O–H groups in total. The van der Waals surface area contributed by atoms with Gasteiger partial charge in [0.1, 0.15) is 0 Å². The molecule has 1 unspecified atom stereocenters. The van der Waals surface area contributed by atoms with Crippen LogP contribution < -0.4 is 5.32 Å². The van der Waals surface area contributed by atoms with Gasteiger partial charge in [-0.1, -0.05) is 0 Å². The molecule has 0 aromatic carbocycles. The molecule has 1 atom stereocenters. The maximum atomic E-state index is 10.7. The third-order valence-electron chi connectivity index (χ3n) is 2.42. The SMILES string of the molecule is CC(=O)NCC1(CC(=O)O)CCOC1. The Labute approximate surface area is 82.4 Å². The van der Waals surface area contributed by atoms with Crippen LogP contribution in [0.4, 0.5) is 0 Å². The zero-order valence-electron chi connectivity index (χ0n) is 8.21. The molecule has 1 aliphatic rings. The minimum atomic E-state index is -0.846. The lowest BCUT2D eigenvalue weighted by Gasteiger charge is -2.25.